The lowest BCUT2D eigenvalue weighted by Crippen LogP contribution is -2.13. The Morgan fingerprint density at radius 3 is 2.48 bits per heavy atom. The number of anilines is 2. The summed E-state index contributed by atoms with van der Waals surface area (Å²) in [4.78, 5) is 12.8. The second kappa shape index (κ2) is 6.87. The molecule has 0 spiro atoms. The Balaban J connectivity index is 2.10. The minimum atomic E-state index is 0.00745. The molecule has 0 amide bonds. The van der Waals surface area contributed by atoms with Crippen molar-refractivity contribution in [3.63, 3.8) is 0 Å². The standard InChI is InChI=1S/C13H21N7O/c1-5-14-11-17-12(19-13(18-11)21-9(2)3)15-6-10-7-16-20(4)8-10/h7-9H,5-6H2,1-4H3,(H2,14,15,17,18,19). The summed E-state index contributed by atoms with van der Waals surface area (Å²) in [7, 11) is 1.88. The summed E-state index contributed by atoms with van der Waals surface area (Å²) in [5.41, 5.74) is 1.05. The summed E-state index contributed by atoms with van der Waals surface area (Å²) < 4.78 is 7.29. The van der Waals surface area contributed by atoms with E-state index in [2.05, 4.69) is 30.7 Å². The quantitative estimate of drug-likeness (QED) is 0.797. The fourth-order valence-electron chi connectivity index (χ4n) is 1.68. The van der Waals surface area contributed by atoms with Crippen LogP contribution in [0.25, 0.3) is 0 Å². The van der Waals surface area contributed by atoms with Gasteiger partial charge in [0.2, 0.25) is 11.9 Å². The van der Waals surface area contributed by atoms with E-state index in [4.69, 9.17) is 4.74 Å². The number of aromatic nitrogens is 5. The Labute approximate surface area is 124 Å². The highest BCUT2D eigenvalue weighted by molar-refractivity contribution is 5.36. The van der Waals surface area contributed by atoms with Crippen molar-refractivity contribution in [1.29, 1.82) is 0 Å². The summed E-state index contributed by atoms with van der Waals surface area (Å²) >= 11 is 0. The molecule has 2 rings (SSSR count). The van der Waals surface area contributed by atoms with E-state index >= 15 is 0 Å². The minimum Gasteiger partial charge on any atom is -0.461 e. The van der Waals surface area contributed by atoms with Gasteiger partial charge in [-0.25, -0.2) is 0 Å². The third-order valence-corrected chi connectivity index (χ3v) is 2.50. The van der Waals surface area contributed by atoms with Crippen molar-refractivity contribution in [2.75, 3.05) is 17.2 Å². The smallest absolute Gasteiger partial charge is 0.323 e. The first kappa shape index (κ1) is 15.0. The molecule has 8 nitrogen and oxygen atoms in total. The van der Waals surface area contributed by atoms with Crippen LogP contribution >= 0.6 is 0 Å². The number of nitrogens with one attached hydrogen (secondary N) is 2. The van der Waals surface area contributed by atoms with E-state index in [0.717, 1.165) is 12.1 Å². The van der Waals surface area contributed by atoms with Gasteiger partial charge in [0.15, 0.2) is 0 Å². The van der Waals surface area contributed by atoms with Crippen molar-refractivity contribution in [3.8, 4) is 6.01 Å². The molecule has 21 heavy (non-hydrogen) atoms. The van der Waals surface area contributed by atoms with Gasteiger partial charge in [0.05, 0.1) is 12.3 Å². The normalized spacial score (nSPS) is 10.7. The maximum Gasteiger partial charge on any atom is 0.323 e. The summed E-state index contributed by atoms with van der Waals surface area (Å²) in [6.07, 6.45) is 3.74. The summed E-state index contributed by atoms with van der Waals surface area (Å²) in [5, 5.41) is 10.3. The Bertz CT molecular complexity index is 582. The molecule has 2 aromatic rings. The average Bonchev–Trinajstić information content (AvgIpc) is 2.82. The van der Waals surface area contributed by atoms with Gasteiger partial charge in [0, 0.05) is 31.9 Å². The highest BCUT2D eigenvalue weighted by atomic mass is 16.5. The molecule has 0 fully saturated rings. The van der Waals surface area contributed by atoms with E-state index in [0.29, 0.717) is 24.5 Å². The third kappa shape index (κ3) is 4.59. The first-order chi connectivity index (χ1) is 10.1. The minimum absolute atomic E-state index is 0.00745. The van der Waals surface area contributed by atoms with Crippen LogP contribution in [-0.4, -0.2) is 37.4 Å². The van der Waals surface area contributed by atoms with Gasteiger partial charge in [-0.05, 0) is 20.8 Å². The van der Waals surface area contributed by atoms with Crippen LogP contribution < -0.4 is 15.4 Å². The van der Waals surface area contributed by atoms with Crippen LogP contribution in [0.15, 0.2) is 12.4 Å². The molecule has 2 heterocycles. The Kier molecular flexibility index (Phi) is 4.91. The Morgan fingerprint density at radius 1 is 1.19 bits per heavy atom. The molecule has 0 aromatic carbocycles. The van der Waals surface area contributed by atoms with E-state index < -0.39 is 0 Å². The zero-order valence-corrected chi connectivity index (χ0v) is 12.8. The average molecular weight is 291 g/mol. The number of aryl methyl sites for hydroxylation is 1. The highest BCUT2D eigenvalue weighted by Crippen LogP contribution is 2.13. The van der Waals surface area contributed by atoms with Gasteiger partial charge in [-0.15, -0.1) is 0 Å². The third-order valence-electron chi connectivity index (χ3n) is 2.50. The van der Waals surface area contributed by atoms with Gasteiger partial charge in [-0.2, -0.15) is 20.1 Å². The monoisotopic (exact) mass is 291 g/mol. The van der Waals surface area contributed by atoms with Gasteiger partial charge < -0.3 is 15.4 Å². The van der Waals surface area contributed by atoms with E-state index in [1.807, 2.05) is 34.0 Å². The first-order valence-corrected chi connectivity index (χ1v) is 6.94. The molecule has 2 aromatic heterocycles. The lowest BCUT2D eigenvalue weighted by Gasteiger charge is -2.11. The molecule has 0 saturated carbocycles. The van der Waals surface area contributed by atoms with Crippen LogP contribution in [0.3, 0.4) is 0 Å². The van der Waals surface area contributed by atoms with Crippen LogP contribution in [0, 0.1) is 0 Å². The van der Waals surface area contributed by atoms with Gasteiger partial charge in [0.1, 0.15) is 0 Å². The maximum atomic E-state index is 5.54. The second-order valence-corrected chi connectivity index (χ2v) is 4.84. The second-order valence-electron chi connectivity index (χ2n) is 4.84. The molecular formula is C13H21N7O. The van der Waals surface area contributed by atoms with Crippen LogP contribution in [-0.2, 0) is 13.6 Å². The SMILES string of the molecule is CCNc1nc(NCc2cnn(C)c2)nc(OC(C)C)n1. The van der Waals surface area contributed by atoms with Crippen molar-refractivity contribution in [2.45, 2.75) is 33.4 Å². The highest BCUT2D eigenvalue weighted by Gasteiger charge is 2.09. The van der Waals surface area contributed by atoms with Crippen molar-refractivity contribution in [3.05, 3.63) is 18.0 Å². The topological polar surface area (TPSA) is 89.8 Å². The van der Waals surface area contributed by atoms with Crippen molar-refractivity contribution in [1.82, 2.24) is 24.7 Å². The predicted molar refractivity (Wildman–Crippen MR) is 80.3 cm³/mol. The van der Waals surface area contributed by atoms with E-state index in [1.165, 1.54) is 0 Å². The zero-order valence-electron chi connectivity index (χ0n) is 12.8. The molecule has 0 saturated heterocycles. The van der Waals surface area contributed by atoms with Crippen molar-refractivity contribution >= 4 is 11.9 Å². The van der Waals surface area contributed by atoms with Crippen LogP contribution in [0.5, 0.6) is 6.01 Å². The van der Waals surface area contributed by atoms with Crippen LogP contribution in [0.4, 0.5) is 11.9 Å². The van der Waals surface area contributed by atoms with Gasteiger partial charge in [-0.3, -0.25) is 4.68 Å². The molecule has 0 aliphatic carbocycles. The zero-order chi connectivity index (χ0) is 15.2. The summed E-state index contributed by atoms with van der Waals surface area (Å²) in [6, 6.07) is 0.310. The predicted octanol–water partition coefficient (Wildman–Crippen LogP) is 1.44. The lowest BCUT2D eigenvalue weighted by atomic mass is 10.4. The molecular weight excluding hydrogens is 270 g/mol. The molecule has 2 N–H and O–H groups in total. The molecule has 0 atom stereocenters. The van der Waals surface area contributed by atoms with Gasteiger partial charge >= 0.3 is 6.01 Å². The van der Waals surface area contributed by atoms with Gasteiger partial charge in [-0.1, -0.05) is 0 Å². The summed E-state index contributed by atoms with van der Waals surface area (Å²) in [6.45, 7) is 7.16. The first-order valence-electron chi connectivity index (χ1n) is 6.94. The van der Waals surface area contributed by atoms with Crippen molar-refractivity contribution in [2.24, 2.45) is 7.05 Å². The Hall–Kier alpha value is -2.38. The molecule has 114 valence electrons. The molecule has 0 radical (unpaired) electrons. The number of rotatable bonds is 7. The number of hydrogen-bond donors (Lipinski definition) is 2. The van der Waals surface area contributed by atoms with Crippen LogP contribution in [0.2, 0.25) is 0 Å². The molecule has 0 aliphatic rings. The molecule has 0 bridgehead atoms. The Morgan fingerprint density at radius 2 is 1.90 bits per heavy atom. The fourth-order valence-corrected chi connectivity index (χ4v) is 1.68. The molecule has 0 unspecified atom stereocenters. The lowest BCUT2D eigenvalue weighted by molar-refractivity contribution is 0.222. The van der Waals surface area contributed by atoms with E-state index in [-0.39, 0.29) is 6.10 Å². The number of hydrogen-bond acceptors (Lipinski definition) is 7. The molecule has 8 heteroatoms. The number of nitrogens with zero attached hydrogens (tertiary/aromatic N) is 5. The van der Waals surface area contributed by atoms with Crippen LogP contribution in [0.1, 0.15) is 26.3 Å². The maximum absolute atomic E-state index is 5.54. The van der Waals surface area contributed by atoms with E-state index in [9.17, 15) is 0 Å². The van der Waals surface area contributed by atoms with Crippen molar-refractivity contribution < 1.29 is 4.74 Å². The largest absolute Gasteiger partial charge is 0.461 e. The molecule has 0 aliphatic heterocycles. The van der Waals surface area contributed by atoms with Gasteiger partial charge in [0.25, 0.3) is 0 Å². The number of ether oxygens (including phenoxy) is 1. The fraction of sp³-hybridized carbons (Fsp3) is 0.538. The van der Waals surface area contributed by atoms with E-state index in [1.54, 1.807) is 10.9 Å². The summed E-state index contributed by atoms with van der Waals surface area (Å²) in [5.74, 6) is 0.970.